The molecule has 0 bridgehead atoms. The first-order valence-electron chi connectivity index (χ1n) is 5.88. The van der Waals surface area contributed by atoms with Gasteiger partial charge in [0.15, 0.2) is 0 Å². The second-order valence-electron chi connectivity index (χ2n) is 4.14. The Kier molecular flexibility index (Phi) is 6.29. The predicted molar refractivity (Wildman–Crippen MR) is 77.2 cm³/mol. The van der Waals surface area contributed by atoms with Crippen LogP contribution < -0.4 is 4.74 Å². The van der Waals surface area contributed by atoms with E-state index in [4.69, 9.17) is 4.74 Å². The quantitative estimate of drug-likeness (QED) is 0.788. The van der Waals surface area contributed by atoms with Crippen LogP contribution in [0, 0.1) is 0 Å². The molecule has 0 saturated heterocycles. The van der Waals surface area contributed by atoms with E-state index < -0.39 is 23.1 Å². The zero-order valence-electron chi connectivity index (χ0n) is 10.8. The van der Waals surface area contributed by atoms with Crippen LogP contribution >= 0.6 is 15.9 Å². The number of alkyl halides is 1. The molecular weight excluding hydrogens is 319 g/mol. The van der Waals surface area contributed by atoms with Crippen molar-refractivity contribution in [1.29, 1.82) is 0 Å². The molecule has 102 valence electrons. The van der Waals surface area contributed by atoms with E-state index in [0.29, 0.717) is 17.3 Å². The Morgan fingerprint density at radius 3 is 2.61 bits per heavy atom. The van der Waals surface area contributed by atoms with Crippen molar-refractivity contribution < 1.29 is 13.3 Å². The number of rotatable bonds is 6. The maximum Gasteiger partial charge on any atom is 0.134 e. The number of hydrogen-bond acceptors (Lipinski definition) is 2. The van der Waals surface area contributed by atoms with Crippen molar-refractivity contribution in [1.82, 2.24) is 0 Å². The van der Waals surface area contributed by atoms with Gasteiger partial charge in [0, 0.05) is 22.3 Å². The molecule has 18 heavy (non-hydrogen) atoms. The fourth-order valence-electron chi connectivity index (χ4n) is 1.31. The zero-order valence-corrected chi connectivity index (χ0v) is 13.2. The third-order valence-corrected chi connectivity index (χ3v) is 4.52. The minimum absolute atomic E-state index is 0.489. The minimum Gasteiger partial charge on any atom is -0.487 e. The summed E-state index contributed by atoms with van der Waals surface area (Å²) < 4.78 is 30.7. The molecule has 0 spiro atoms. The summed E-state index contributed by atoms with van der Waals surface area (Å²) in [6.45, 7) is 5.06. The molecular formula is C13H18BrFO2S. The second-order valence-corrected chi connectivity index (χ2v) is 6.74. The van der Waals surface area contributed by atoms with E-state index in [1.807, 2.05) is 19.1 Å². The predicted octanol–water partition coefficient (Wildman–Crippen LogP) is 3.84. The molecule has 0 N–H and O–H groups in total. The van der Waals surface area contributed by atoms with Crippen LogP contribution in [0.5, 0.6) is 5.75 Å². The molecule has 0 radical (unpaired) electrons. The van der Waals surface area contributed by atoms with Crippen LogP contribution in [-0.4, -0.2) is 22.2 Å². The normalized spacial score (nSPS) is 16.1. The van der Waals surface area contributed by atoms with Crippen molar-refractivity contribution in [2.75, 3.05) is 5.75 Å². The van der Waals surface area contributed by atoms with E-state index in [0.717, 1.165) is 10.0 Å². The Bertz CT molecular complexity index is 423. The summed E-state index contributed by atoms with van der Waals surface area (Å²) >= 11 is 3.39. The molecule has 3 atom stereocenters. The minimum atomic E-state index is -1.02. The van der Waals surface area contributed by atoms with Crippen molar-refractivity contribution >= 4 is 26.7 Å². The summed E-state index contributed by atoms with van der Waals surface area (Å²) in [4.78, 5) is 0. The summed E-state index contributed by atoms with van der Waals surface area (Å²) in [6, 6.07) is 5.52. The molecule has 0 aliphatic rings. The maximum absolute atomic E-state index is 13.0. The van der Waals surface area contributed by atoms with Gasteiger partial charge in [-0.15, -0.1) is 0 Å². The van der Waals surface area contributed by atoms with E-state index in [2.05, 4.69) is 15.9 Å². The van der Waals surface area contributed by atoms with Gasteiger partial charge in [0.2, 0.25) is 0 Å². The van der Waals surface area contributed by atoms with Gasteiger partial charge in [-0.3, -0.25) is 4.21 Å². The molecule has 1 rings (SSSR count). The van der Waals surface area contributed by atoms with Gasteiger partial charge in [-0.1, -0.05) is 13.0 Å². The molecule has 0 fully saturated rings. The molecule has 0 aromatic heterocycles. The van der Waals surface area contributed by atoms with Crippen LogP contribution in [0.4, 0.5) is 4.39 Å². The highest BCUT2D eigenvalue weighted by Gasteiger charge is 2.14. The summed E-state index contributed by atoms with van der Waals surface area (Å²) in [5, 5.41) is 0. The number of hydrogen-bond donors (Lipinski definition) is 0. The number of halogens is 2. The average Bonchev–Trinajstić information content (AvgIpc) is 2.32. The second kappa shape index (κ2) is 7.24. The lowest BCUT2D eigenvalue weighted by Crippen LogP contribution is -2.22. The molecule has 0 heterocycles. The number of ether oxygens (including phenoxy) is 1. The summed E-state index contributed by atoms with van der Waals surface area (Å²) in [6.07, 6.45) is -1.51. The molecule has 5 heteroatoms. The summed E-state index contributed by atoms with van der Waals surface area (Å²) in [5.41, 5.74) is 0.982. The van der Waals surface area contributed by atoms with Crippen LogP contribution in [-0.2, 0) is 16.6 Å². The van der Waals surface area contributed by atoms with E-state index >= 15 is 0 Å². The first-order chi connectivity index (χ1) is 8.43. The Labute approximate surface area is 119 Å². The Hall–Kier alpha value is -0.420. The van der Waals surface area contributed by atoms with Gasteiger partial charge >= 0.3 is 0 Å². The average molecular weight is 337 g/mol. The van der Waals surface area contributed by atoms with Gasteiger partial charge in [-0.2, -0.15) is 0 Å². The summed E-state index contributed by atoms with van der Waals surface area (Å²) in [7, 11) is -0.833. The van der Waals surface area contributed by atoms with Crippen molar-refractivity contribution in [2.24, 2.45) is 0 Å². The van der Waals surface area contributed by atoms with Gasteiger partial charge in [0.25, 0.3) is 0 Å². The van der Waals surface area contributed by atoms with Crippen LogP contribution in [0.3, 0.4) is 0 Å². The highest BCUT2D eigenvalue weighted by Crippen LogP contribution is 2.28. The molecule has 1 aromatic carbocycles. The van der Waals surface area contributed by atoms with Crippen LogP contribution in [0.1, 0.15) is 26.3 Å². The molecule has 0 aliphatic heterocycles. The standard InChI is InChI=1S/C13H18BrFO2S/c1-4-18(16)8-11-5-6-13(12(14)7-11)17-10(3)9(2)15/h5-7,9-10H,4,8H2,1-3H3. The Morgan fingerprint density at radius 1 is 1.44 bits per heavy atom. The van der Waals surface area contributed by atoms with Crippen LogP contribution in [0.25, 0.3) is 0 Å². The van der Waals surface area contributed by atoms with Gasteiger partial charge in [0.1, 0.15) is 18.0 Å². The largest absolute Gasteiger partial charge is 0.487 e. The van der Waals surface area contributed by atoms with E-state index in [-0.39, 0.29) is 0 Å². The van der Waals surface area contributed by atoms with Gasteiger partial charge in [-0.05, 0) is 47.5 Å². The van der Waals surface area contributed by atoms with Crippen LogP contribution in [0.15, 0.2) is 22.7 Å². The molecule has 1 aromatic rings. The fourth-order valence-corrected chi connectivity index (χ4v) is 2.59. The molecule has 0 aliphatic carbocycles. The fraction of sp³-hybridized carbons (Fsp3) is 0.538. The highest BCUT2D eigenvalue weighted by atomic mass is 79.9. The van der Waals surface area contributed by atoms with Crippen molar-refractivity contribution in [3.05, 3.63) is 28.2 Å². The Morgan fingerprint density at radius 2 is 2.11 bits per heavy atom. The maximum atomic E-state index is 13.0. The van der Waals surface area contributed by atoms with Crippen LogP contribution in [0.2, 0.25) is 0 Å². The third-order valence-electron chi connectivity index (χ3n) is 2.61. The first-order valence-corrected chi connectivity index (χ1v) is 8.16. The lowest BCUT2D eigenvalue weighted by atomic mass is 10.2. The molecule has 0 saturated carbocycles. The van der Waals surface area contributed by atoms with Crippen molar-refractivity contribution in [3.63, 3.8) is 0 Å². The Balaban J connectivity index is 2.76. The van der Waals surface area contributed by atoms with E-state index in [1.54, 1.807) is 13.0 Å². The van der Waals surface area contributed by atoms with E-state index in [9.17, 15) is 8.60 Å². The SMILES string of the molecule is CCS(=O)Cc1ccc(OC(C)C(C)F)c(Br)c1. The zero-order chi connectivity index (χ0) is 13.7. The van der Waals surface area contributed by atoms with Gasteiger partial charge in [-0.25, -0.2) is 4.39 Å². The van der Waals surface area contributed by atoms with Crippen molar-refractivity contribution in [2.45, 2.75) is 38.8 Å². The molecule has 3 unspecified atom stereocenters. The van der Waals surface area contributed by atoms with E-state index in [1.165, 1.54) is 6.92 Å². The topological polar surface area (TPSA) is 26.3 Å². The van der Waals surface area contributed by atoms with Crippen molar-refractivity contribution in [3.8, 4) is 5.75 Å². The first kappa shape index (κ1) is 15.6. The lowest BCUT2D eigenvalue weighted by Gasteiger charge is -2.17. The number of benzene rings is 1. The lowest BCUT2D eigenvalue weighted by molar-refractivity contribution is 0.125. The van der Waals surface area contributed by atoms with Gasteiger partial charge < -0.3 is 4.74 Å². The smallest absolute Gasteiger partial charge is 0.134 e. The van der Waals surface area contributed by atoms with Gasteiger partial charge in [0.05, 0.1) is 4.47 Å². The molecule has 2 nitrogen and oxygen atoms in total. The highest BCUT2D eigenvalue weighted by molar-refractivity contribution is 9.10. The molecule has 0 amide bonds. The monoisotopic (exact) mass is 336 g/mol. The summed E-state index contributed by atoms with van der Waals surface area (Å²) in [5.74, 6) is 1.79. The third kappa shape index (κ3) is 4.69.